The minimum absolute atomic E-state index is 0.0128. The lowest BCUT2D eigenvalue weighted by Crippen LogP contribution is -2.29. The molecule has 0 bridgehead atoms. The van der Waals surface area contributed by atoms with Gasteiger partial charge in [-0.15, -0.1) is 0 Å². The van der Waals surface area contributed by atoms with Crippen molar-refractivity contribution in [3.63, 3.8) is 0 Å². The molecule has 1 unspecified atom stereocenters. The van der Waals surface area contributed by atoms with E-state index in [1.165, 1.54) is 12.1 Å². The van der Waals surface area contributed by atoms with Crippen LogP contribution in [0.1, 0.15) is 35.7 Å². The molecule has 0 saturated heterocycles. The van der Waals surface area contributed by atoms with Gasteiger partial charge in [-0.05, 0) is 42.5 Å². The van der Waals surface area contributed by atoms with E-state index in [0.29, 0.717) is 6.54 Å². The lowest BCUT2D eigenvalue weighted by molar-refractivity contribution is 0.529. The first kappa shape index (κ1) is 13.1. The van der Waals surface area contributed by atoms with E-state index < -0.39 is 0 Å². The molecule has 0 amide bonds. The molecule has 1 atom stereocenters. The van der Waals surface area contributed by atoms with Gasteiger partial charge < -0.3 is 10.3 Å². The number of nitrogens with zero attached hydrogens (tertiary/aromatic N) is 1. The van der Waals surface area contributed by atoms with Crippen molar-refractivity contribution < 1.29 is 4.39 Å². The first-order valence-electron chi connectivity index (χ1n) is 6.88. The third-order valence-corrected chi connectivity index (χ3v) is 3.91. The summed E-state index contributed by atoms with van der Waals surface area (Å²) in [4.78, 5) is 12.1. The van der Waals surface area contributed by atoms with Crippen LogP contribution in [0.4, 0.5) is 4.39 Å². The highest BCUT2D eigenvalue weighted by atomic mass is 19.1. The number of rotatable bonds is 2. The molecule has 20 heavy (non-hydrogen) atoms. The van der Waals surface area contributed by atoms with E-state index in [4.69, 9.17) is 5.73 Å². The summed E-state index contributed by atoms with van der Waals surface area (Å²) in [6.45, 7) is 0.467. The zero-order valence-electron chi connectivity index (χ0n) is 11.2. The maximum atomic E-state index is 12.9. The van der Waals surface area contributed by atoms with Crippen LogP contribution in [0.5, 0.6) is 0 Å². The Balaban J connectivity index is 2.02. The molecule has 0 radical (unpaired) electrons. The molecule has 1 heterocycles. The second-order valence-electron chi connectivity index (χ2n) is 5.28. The van der Waals surface area contributed by atoms with Crippen LogP contribution in [0.2, 0.25) is 0 Å². The summed E-state index contributed by atoms with van der Waals surface area (Å²) in [6, 6.07) is 9.70. The fraction of sp³-hybridized carbons (Fsp3) is 0.312. The van der Waals surface area contributed by atoms with Crippen molar-refractivity contribution in [2.45, 2.75) is 31.8 Å². The Hall–Kier alpha value is -1.94. The third kappa shape index (κ3) is 2.39. The van der Waals surface area contributed by atoms with Crippen LogP contribution in [0.3, 0.4) is 0 Å². The van der Waals surface area contributed by atoms with Gasteiger partial charge in [-0.3, -0.25) is 4.79 Å². The van der Waals surface area contributed by atoms with Gasteiger partial charge in [0.1, 0.15) is 5.82 Å². The molecular formula is C16H17FN2O. The lowest BCUT2D eigenvalue weighted by Gasteiger charge is -2.25. The van der Waals surface area contributed by atoms with Crippen LogP contribution >= 0.6 is 0 Å². The Morgan fingerprint density at radius 1 is 1.20 bits per heavy atom. The number of fused-ring (bicyclic) bond motifs is 1. The highest BCUT2D eigenvalue weighted by Gasteiger charge is 2.20. The largest absolute Gasteiger partial charge is 0.324 e. The van der Waals surface area contributed by atoms with E-state index in [1.807, 2.05) is 6.07 Å². The molecule has 0 saturated carbocycles. The van der Waals surface area contributed by atoms with Crippen molar-refractivity contribution >= 4 is 0 Å². The maximum absolute atomic E-state index is 12.9. The van der Waals surface area contributed by atoms with E-state index in [2.05, 4.69) is 0 Å². The van der Waals surface area contributed by atoms with E-state index in [9.17, 15) is 9.18 Å². The first-order chi connectivity index (χ1) is 9.65. The zero-order valence-corrected chi connectivity index (χ0v) is 11.2. The number of benzene rings is 1. The molecule has 0 spiro atoms. The molecule has 1 aliphatic carbocycles. The summed E-state index contributed by atoms with van der Waals surface area (Å²) in [5.41, 5.74) is 9.10. The van der Waals surface area contributed by atoms with E-state index in [-0.39, 0.29) is 17.4 Å². The van der Waals surface area contributed by atoms with E-state index in [0.717, 1.165) is 36.1 Å². The van der Waals surface area contributed by atoms with Gasteiger partial charge in [-0.1, -0.05) is 18.2 Å². The smallest absolute Gasteiger partial charge is 0.251 e. The zero-order chi connectivity index (χ0) is 14.1. The van der Waals surface area contributed by atoms with Gasteiger partial charge in [0.2, 0.25) is 0 Å². The molecule has 3 nitrogen and oxygen atoms in total. The summed E-state index contributed by atoms with van der Waals surface area (Å²) >= 11 is 0. The third-order valence-electron chi connectivity index (χ3n) is 3.91. The van der Waals surface area contributed by atoms with Crippen molar-refractivity contribution in [1.29, 1.82) is 0 Å². The fourth-order valence-electron chi connectivity index (χ4n) is 2.84. The Morgan fingerprint density at radius 3 is 2.70 bits per heavy atom. The van der Waals surface area contributed by atoms with Crippen LogP contribution in [0.15, 0.2) is 41.2 Å². The predicted octanol–water partition coefficient (Wildman–Crippen LogP) is 2.37. The Morgan fingerprint density at radius 2 is 1.95 bits per heavy atom. The van der Waals surface area contributed by atoms with Crippen LogP contribution < -0.4 is 11.3 Å². The Bertz CT molecular complexity index is 676. The molecular weight excluding hydrogens is 255 g/mol. The fourth-order valence-corrected chi connectivity index (χ4v) is 2.84. The number of hydrogen-bond donors (Lipinski definition) is 1. The molecule has 0 aliphatic heterocycles. The quantitative estimate of drug-likeness (QED) is 0.912. The number of pyridine rings is 1. The predicted molar refractivity (Wildman–Crippen MR) is 76.1 cm³/mol. The Labute approximate surface area is 116 Å². The summed E-state index contributed by atoms with van der Waals surface area (Å²) < 4.78 is 14.7. The molecule has 0 fully saturated rings. The molecule has 4 heteroatoms. The average molecular weight is 272 g/mol. The first-order valence-corrected chi connectivity index (χ1v) is 6.88. The van der Waals surface area contributed by atoms with Gasteiger partial charge in [-0.25, -0.2) is 4.39 Å². The number of hydrogen-bond acceptors (Lipinski definition) is 2. The minimum atomic E-state index is -0.266. The summed E-state index contributed by atoms with van der Waals surface area (Å²) in [7, 11) is 0. The van der Waals surface area contributed by atoms with Crippen LogP contribution in [0, 0.1) is 5.82 Å². The summed E-state index contributed by atoms with van der Waals surface area (Å²) in [5.74, 6) is -0.266. The minimum Gasteiger partial charge on any atom is -0.324 e. The number of halogens is 1. The topological polar surface area (TPSA) is 48.0 Å². The monoisotopic (exact) mass is 272 g/mol. The van der Waals surface area contributed by atoms with Crippen LogP contribution in [-0.4, -0.2) is 4.57 Å². The van der Waals surface area contributed by atoms with Crippen molar-refractivity contribution in [2.75, 3.05) is 0 Å². The average Bonchev–Trinajstić information content (AvgIpc) is 2.44. The molecule has 2 aromatic rings. The lowest BCUT2D eigenvalue weighted by atomic mass is 9.91. The molecule has 1 aromatic carbocycles. The molecule has 2 N–H and O–H groups in total. The van der Waals surface area contributed by atoms with Crippen molar-refractivity contribution in [3.05, 3.63) is 69.4 Å². The van der Waals surface area contributed by atoms with Crippen LogP contribution in [-0.2, 0) is 13.0 Å². The van der Waals surface area contributed by atoms with Gasteiger partial charge in [0.15, 0.2) is 0 Å². The van der Waals surface area contributed by atoms with Gasteiger partial charge in [0.05, 0.1) is 6.54 Å². The second-order valence-corrected chi connectivity index (χ2v) is 5.28. The SMILES string of the molecule is NC1CCCc2c1ccc(=O)n2Cc1ccc(F)cc1. The van der Waals surface area contributed by atoms with Crippen LogP contribution in [0.25, 0.3) is 0 Å². The number of nitrogens with two attached hydrogens (primary N) is 1. The van der Waals surface area contributed by atoms with Crippen molar-refractivity contribution in [2.24, 2.45) is 5.73 Å². The molecule has 3 rings (SSSR count). The van der Waals surface area contributed by atoms with E-state index in [1.54, 1.807) is 22.8 Å². The normalized spacial score (nSPS) is 17.8. The molecule has 1 aliphatic rings. The van der Waals surface area contributed by atoms with Gasteiger partial charge in [0, 0.05) is 17.8 Å². The van der Waals surface area contributed by atoms with Crippen molar-refractivity contribution in [1.82, 2.24) is 4.57 Å². The van der Waals surface area contributed by atoms with Crippen molar-refractivity contribution in [3.8, 4) is 0 Å². The molecule has 104 valence electrons. The summed E-state index contributed by atoms with van der Waals surface area (Å²) in [5, 5.41) is 0. The maximum Gasteiger partial charge on any atom is 0.251 e. The number of aromatic nitrogens is 1. The van der Waals surface area contributed by atoms with Gasteiger partial charge in [-0.2, -0.15) is 0 Å². The highest BCUT2D eigenvalue weighted by Crippen LogP contribution is 2.26. The van der Waals surface area contributed by atoms with Gasteiger partial charge in [0.25, 0.3) is 5.56 Å². The highest BCUT2D eigenvalue weighted by molar-refractivity contribution is 5.28. The van der Waals surface area contributed by atoms with Gasteiger partial charge >= 0.3 is 0 Å². The standard InChI is InChI=1S/C16H17FN2O/c17-12-6-4-11(5-7-12)10-19-15-3-1-2-14(18)13(15)8-9-16(19)20/h4-9,14H,1-3,10,18H2. The Kier molecular flexibility index (Phi) is 3.40. The second kappa shape index (κ2) is 5.21. The summed E-state index contributed by atoms with van der Waals surface area (Å²) in [6.07, 6.45) is 2.84. The van der Waals surface area contributed by atoms with E-state index >= 15 is 0 Å². The molecule has 1 aromatic heterocycles.